The third-order valence-corrected chi connectivity index (χ3v) is 3.99. The largest absolute Gasteiger partial charge is 0.385 e. The summed E-state index contributed by atoms with van der Waals surface area (Å²) in [7, 11) is 5.57. The van der Waals surface area contributed by atoms with E-state index < -0.39 is 0 Å². The van der Waals surface area contributed by atoms with Crippen LogP contribution in [-0.2, 0) is 14.3 Å². The summed E-state index contributed by atoms with van der Waals surface area (Å²) in [5, 5.41) is 0. The number of methoxy groups -OCH3 is 1. The van der Waals surface area contributed by atoms with Crippen molar-refractivity contribution in [3.63, 3.8) is 0 Å². The van der Waals surface area contributed by atoms with Crippen LogP contribution < -0.4 is 0 Å². The lowest BCUT2D eigenvalue weighted by molar-refractivity contribution is -0.166. The van der Waals surface area contributed by atoms with Gasteiger partial charge in [-0.05, 0) is 32.9 Å². The minimum Gasteiger partial charge on any atom is -0.385 e. The summed E-state index contributed by atoms with van der Waals surface area (Å²) < 4.78 is 11.1. The van der Waals surface area contributed by atoms with E-state index >= 15 is 0 Å². The van der Waals surface area contributed by atoms with Crippen molar-refractivity contribution in [2.24, 2.45) is 5.92 Å². The van der Waals surface area contributed by atoms with E-state index in [1.165, 1.54) is 0 Å². The number of carbonyl (C=O) groups is 1. The highest BCUT2D eigenvalue weighted by molar-refractivity contribution is 5.79. The maximum atomic E-state index is 11.9. The molecule has 0 aromatic rings. The van der Waals surface area contributed by atoms with E-state index in [9.17, 15) is 4.79 Å². The Balaban J connectivity index is 1.83. The van der Waals surface area contributed by atoms with Crippen LogP contribution in [0.1, 0.15) is 12.8 Å². The van der Waals surface area contributed by atoms with Gasteiger partial charge in [-0.2, -0.15) is 0 Å². The molecule has 0 saturated carbocycles. The van der Waals surface area contributed by atoms with E-state index in [0.29, 0.717) is 12.5 Å². The van der Waals surface area contributed by atoms with Gasteiger partial charge in [0, 0.05) is 20.3 Å². The molecule has 0 aromatic heterocycles. The number of likely N-dealkylation sites (N-methyl/N-ethyl adjacent to an activating group) is 1. The van der Waals surface area contributed by atoms with Gasteiger partial charge in [-0.3, -0.25) is 4.79 Å². The van der Waals surface area contributed by atoms with Gasteiger partial charge in [-0.15, -0.1) is 0 Å². The van der Waals surface area contributed by atoms with Gasteiger partial charge in [0.25, 0.3) is 0 Å². The topological polar surface area (TPSA) is 42.0 Å². The first-order valence-corrected chi connectivity index (χ1v) is 6.63. The van der Waals surface area contributed by atoms with Crippen LogP contribution in [0.15, 0.2) is 0 Å². The molecule has 0 aromatic carbocycles. The van der Waals surface area contributed by atoms with Crippen molar-refractivity contribution in [3.05, 3.63) is 0 Å². The standard InChI is InChI=1S/C13H24N2O3/c1-14(2)8-12(16)15-9-13(10-15)11(4-6-17-3)5-7-18-13/h11H,4-10H2,1-3H3/t11-/m0/s1. The fourth-order valence-electron chi connectivity index (χ4n) is 2.95. The maximum absolute atomic E-state index is 11.9. The smallest absolute Gasteiger partial charge is 0.236 e. The Labute approximate surface area is 109 Å². The average Bonchev–Trinajstić information content (AvgIpc) is 2.66. The minimum atomic E-state index is -0.0689. The van der Waals surface area contributed by atoms with Crippen LogP contribution in [0.5, 0.6) is 0 Å². The molecule has 0 radical (unpaired) electrons. The van der Waals surface area contributed by atoms with Gasteiger partial charge in [0.05, 0.1) is 19.6 Å². The number of carbonyl (C=O) groups excluding carboxylic acids is 1. The highest BCUT2D eigenvalue weighted by Crippen LogP contribution is 2.41. The van der Waals surface area contributed by atoms with Gasteiger partial charge >= 0.3 is 0 Å². The van der Waals surface area contributed by atoms with Gasteiger partial charge in [-0.1, -0.05) is 0 Å². The normalized spacial score (nSPS) is 25.8. The third kappa shape index (κ3) is 2.68. The third-order valence-electron chi connectivity index (χ3n) is 3.99. The van der Waals surface area contributed by atoms with Crippen molar-refractivity contribution >= 4 is 5.91 Å². The second-order valence-electron chi connectivity index (χ2n) is 5.67. The Hall–Kier alpha value is -0.650. The van der Waals surface area contributed by atoms with Crippen molar-refractivity contribution in [2.45, 2.75) is 18.4 Å². The van der Waals surface area contributed by atoms with Crippen molar-refractivity contribution < 1.29 is 14.3 Å². The van der Waals surface area contributed by atoms with E-state index in [1.807, 2.05) is 23.9 Å². The van der Waals surface area contributed by atoms with Crippen molar-refractivity contribution in [2.75, 3.05) is 54.1 Å². The van der Waals surface area contributed by atoms with Crippen molar-refractivity contribution in [1.29, 1.82) is 0 Å². The summed E-state index contributed by atoms with van der Waals surface area (Å²) in [6.07, 6.45) is 2.13. The molecule has 0 unspecified atom stereocenters. The van der Waals surface area contributed by atoms with Crippen molar-refractivity contribution in [3.8, 4) is 0 Å². The summed E-state index contributed by atoms with van der Waals surface area (Å²) >= 11 is 0. The molecule has 2 fully saturated rings. The van der Waals surface area contributed by atoms with E-state index in [4.69, 9.17) is 9.47 Å². The number of likely N-dealkylation sites (tertiary alicyclic amines) is 1. The number of hydrogen-bond donors (Lipinski definition) is 0. The zero-order chi connectivity index (χ0) is 13.2. The Morgan fingerprint density at radius 1 is 1.50 bits per heavy atom. The van der Waals surface area contributed by atoms with Crippen LogP contribution >= 0.6 is 0 Å². The second kappa shape index (κ2) is 5.55. The van der Waals surface area contributed by atoms with Crippen LogP contribution in [0.4, 0.5) is 0 Å². The summed E-state index contributed by atoms with van der Waals surface area (Å²) in [4.78, 5) is 15.7. The van der Waals surface area contributed by atoms with Gasteiger partial charge in [0.1, 0.15) is 5.60 Å². The molecular formula is C13H24N2O3. The molecule has 1 atom stereocenters. The second-order valence-corrected chi connectivity index (χ2v) is 5.67. The number of amides is 1. The molecule has 1 spiro atoms. The molecule has 18 heavy (non-hydrogen) atoms. The molecule has 2 saturated heterocycles. The van der Waals surface area contributed by atoms with Crippen LogP contribution in [0.2, 0.25) is 0 Å². The van der Waals surface area contributed by atoms with E-state index in [2.05, 4.69) is 0 Å². The molecule has 0 N–H and O–H groups in total. The molecule has 2 aliphatic rings. The SMILES string of the molecule is COCC[C@H]1CCOC12CN(C(=O)CN(C)C)C2. The van der Waals surface area contributed by atoms with Crippen LogP contribution in [-0.4, -0.2) is 75.4 Å². The molecule has 0 aliphatic carbocycles. The molecule has 0 bridgehead atoms. The number of hydrogen-bond acceptors (Lipinski definition) is 4. The Kier molecular flexibility index (Phi) is 4.25. The highest BCUT2D eigenvalue weighted by atomic mass is 16.5. The predicted octanol–water partition coefficient (Wildman–Crippen LogP) is 0.202. The lowest BCUT2D eigenvalue weighted by atomic mass is 9.79. The first-order chi connectivity index (χ1) is 8.57. The zero-order valence-electron chi connectivity index (χ0n) is 11.6. The summed E-state index contributed by atoms with van der Waals surface area (Å²) in [6.45, 7) is 3.60. The fraction of sp³-hybridized carbons (Fsp3) is 0.923. The first-order valence-electron chi connectivity index (χ1n) is 6.63. The predicted molar refractivity (Wildman–Crippen MR) is 68.4 cm³/mol. The molecule has 1 amide bonds. The van der Waals surface area contributed by atoms with Crippen LogP contribution in [0, 0.1) is 5.92 Å². The lowest BCUT2D eigenvalue weighted by Crippen LogP contribution is -2.67. The minimum absolute atomic E-state index is 0.0689. The van der Waals surface area contributed by atoms with Crippen molar-refractivity contribution in [1.82, 2.24) is 9.80 Å². The monoisotopic (exact) mass is 256 g/mol. The molecule has 5 heteroatoms. The molecule has 2 rings (SSSR count). The summed E-state index contributed by atoms with van der Waals surface area (Å²) in [5.74, 6) is 0.743. The molecule has 2 aliphatic heterocycles. The molecule has 2 heterocycles. The van der Waals surface area contributed by atoms with Crippen LogP contribution in [0.3, 0.4) is 0 Å². The maximum Gasteiger partial charge on any atom is 0.236 e. The molecular weight excluding hydrogens is 232 g/mol. The zero-order valence-corrected chi connectivity index (χ0v) is 11.6. The number of ether oxygens (including phenoxy) is 2. The highest BCUT2D eigenvalue weighted by Gasteiger charge is 2.53. The first kappa shape index (κ1) is 13.8. The lowest BCUT2D eigenvalue weighted by Gasteiger charge is -2.50. The van der Waals surface area contributed by atoms with E-state index in [0.717, 1.165) is 39.1 Å². The Morgan fingerprint density at radius 2 is 2.22 bits per heavy atom. The summed E-state index contributed by atoms with van der Waals surface area (Å²) in [6, 6.07) is 0. The van der Waals surface area contributed by atoms with Gasteiger partial charge in [0.2, 0.25) is 5.91 Å². The molecule has 104 valence electrons. The van der Waals surface area contributed by atoms with Crippen LogP contribution in [0.25, 0.3) is 0 Å². The Bertz CT molecular complexity index is 301. The number of rotatable bonds is 5. The van der Waals surface area contributed by atoms with Gasteiger partial charge in [0.15, 0.2) is 0 Å². The number of nitrogens with zero attached hydrogens (tertiary/aromatic N) is 2. The van der Waals surface area contributed by atoms with E-state index in [1.54, 1.807) is 7.11 Å². The molecule has 5 nitrogen and oxygen atoms in total. The Morgan fingerprint density at radius 3 is 2.83 bits per heavy atom. The van der Waals surface area contributed by atoms with E-state index in [-0.39, 0.29) is 11.5 Å². The summed E-state index contributed by atoms with van der Waals surface area (Å²) in [5.41, 5.74) is -0.0689. The average molecular weight is 256 g/mol. The van der Waals surface area contributed by atoms with Gasteiger partial charge < -0.3 is 19.3 Å². The van der Waals surface area contributed by atoms with Gasteiger partial charge in [-0.25, -0.2) is 0 Å². The quantitative estimate of drug-likeness (QED) is 0.705. The fourth-order valence-corrected chi connectivity index (χ4v) is 2.95.